The van der Waals surface area contributed by atoms with Crippen molar-refractivity contribution in [3.8, 4) is 0 Å². The number of aliphatic hydroxyl groups is 2. The van der Waals surface area contributed by atoms with E-state index in [1.165, 1.54) is 6.08 Å². The van der Waals surface area contributed by atoms with Crippen molar-refractivity contribution in [1.29, 1.82) is 0 Å². The Morgan fingerprint density at radius 3 is 2.56 bits per heavy atom. The third-order valence-electron chi connectivity index (χ3n) is 0.898. The Labute approximate surface area is 53.6 Å². The highest BCUT2D eigenvalue weighted by molar-refractivity contribution is 5.92. The maximum atomic E-state index is 10.5. The molecule has 3 nitrogen and oxygen atoms in total. The first-order valence-corrected chi connectivity index (χ1v) is 2.71. The van der Waals surface area contributed by atoms with Crippen LogP contribution in [-0.4, -0.2) is 22.6 Å². The van der Waals surface area contributed by atoms with E-state index in [2.05, 4.69) is 0 Å². The van der Waals surface area contributed by atoms with Crippen LogP contribution in [0.5, 0.6) is 0 Å². The summed E-state index contributed by atoms with van der Waals surface area (Å²) < 4.78 is 0. The van der Waals surface area contributed by atoms with Crippen LogP contribution in [0.3, 0.4) is 0 Å². The number of Topliss-reactive ketones (excluding diaryl/α,β-unsaturated/α-hetero) is 1. The summed E-state index contributed by atoms with van der Waals surface area (Å²) in [5.41, 5.74) is 0. The third-order valence-corrected chi connectivity index (χ3v) is 0.898. The molecular formula is C6H10O3. The van der Waals surface area contributed by atoms with E-state index in [9.17, 15) is 4.79 Å². The molecule has 0 aliphatic rings. The molecule has 0 aromatic rings. The van der Waals surface area contributed by atoms with Gasteiger partial charge in [-0.1, -0.05) is 0 Å². The molecule has 0 rings (SSSR count). The Hall–Kier alpha value is -0.830. The van der Waals surface area contributed by atoms with E-state index in [-0.39, 0.29) is 18.8 Å². The average molecular weight is 130 g/mol. The van der Waals surface area contributed by atoms with Crippen LogP contribution in [0, 0.1) is 0 Å². The van der Waals surface area contributed by atoms with Gasteiger partial charge in [0.1, 0.15) is 0 Å². The van der Waals surface area contributed by atoms with E-state index in [1.54, 1.807) is 6.92 Å². The number of hydrogen-bond acceptors (Lipinski definition) is 3. The fourth-order valence-corrected chi connectivity index (χ4v) is 0.391. The Bertz CT molecular complexity index is 126. The lowest BCUT2D eigenvalue weighted by atomic mass is 10.2. The maximum Gasteiger partial charge on any atom is 0.199 e. The topological polar surface area (TPSA) is 57.5 Å². The third kappa shape index (κ3) is 2.87. The lowest BCUT2D eigenvalue weighted by Crippen LogP contribution is -2.03. The Kier molecular flexibility index (Phi) is 3.71. The molecule has 0 atom stereocenters. The molecule has 0 spiro atoms. The molecule has 0 aromatic heterocycles. The summed E-state index contributed by atoms with van der Waals surface area (Å²) in [4.78, 5) is 10.5. The Morgan fingerprint density at radius 1 is 1.67 bits per heavy atom. The van der Waals surface area contributed by atoms with E-state index in [0.29, 0.717) is 0 Å². The summed E-state index contributed by atoms with van der Waals surface area (Å²) in [6.07, 6.45) is 1.30. The van der Waals surface area contributed by atoms with Crippen LogP contribution in [-0.2, 0) is 4.79 Å². The minimum Gasteiger partial charge on any atom is -0.505 e. The zero-order chi connectivity index (χ0) is 7.28. The number of allylic oxidation sites excluding steroid dienone is 2. The normalized spacial score (nSPS) is 11.6. The summed E-state index contributed by atoms with van der Waals surface area (Å²) in [5.74, 6) is -0.691. The Morgan fingerprint density at radius 2 is 2.22 bits per heavy atom. The van der Waals surface area contributed by atoms with E-state index < -0.39 is 5.78 Å². The quantitative estimate of drug-likeness (QED) is 0.429. The molecular weight excluding hydrogens is 120 g/mol. The number of carbonyl (C=O) groups is 1. The predicted octanol–water partition coefficient (Wildman–Crippen LogP) is 0.400. The molecule has 9 heavy (non-hydrogen) atoms. The van der Waals surface area contributed by atoms with Gasteiger partial charge in [0.05, 0.1) is 6.61 Å². The number of hydrogen-bond donors (Lipinski definition) is 2. The molecule has 0 aliphatic carbocycles. The van der Waals surface area contributed by atoms with Crippen LogP contribution in [0.4, 0.5) is 0 Å². The first-order valence-electron chi connectivity index (χ1n) is 2.71. The highest BCUT2D eigenvalue weighted by Gasteiger charge is 2.03. The van der Waals surface area contributed by atoms with Crippen molar-refractivity contribution >= 4 is 5.78 Å². The highest BCUT2D eigenvalue weighted by Crippen LogP contribution is 1.93. The van der Waals surface area contributed by atoms with Crippen molar-refractivity contribution in [2.45, 2.75) is 13.3 Å². The van der Waals surface area contributed by atoms with Gasteiger partial charge in [0.15, 0.2) is 11.5 Å². The molecule has 0 fully saturated rings. The van der Waals surface area contributed by atoms with Gasteiger partial charge in [0.2, 0.25) is 0 Å². The fourth-order valence-electron chi connectivity index (χ4n) is 0.391. The second-order valence-electron chi connectivity index (χ2n) is 1.57. The molecule has 0 unspecified atom stereocenters. The van der Waals surface area contributed by atoms with Crippen molar-refractivity contribution in [3.63, 3.8) is 0 Å². The van der Waals surface area contributed by atoms with Gasteiger partial charge in [-0.25, -0.2) is 0 Å². The van der Waals surface area contributed by atoms with Crippen molar-refractivity contribution in [2.24, 2.45) is 0 Å². The number of aliphatic hydroxyl groups excluding tert-OH is 2. The molecule has 0 saturated heterocycles. The lowest BCUT2D eigenvalue weighted by molar-refractivity contribution is -0.118. The largest absolute Gasteiger partial charge is 0.505 e. The van der Waals surface area contributed by atoms with Gasteiger partial charge in [-0.2, -0.15) is 0 Å². The van der Waals surface area contributed by atoms with Crippen molar-refractivity contribution in [2.75, 3.05) is 6.61 Å². The van der Waals surface area contributed by atoms with Crippen LogP contribution < -0.4 is 0 Å². The van der Waals surface area contributed by atoms with Gasteiger partial charge < -0.3 is 10.2 Å². The standard InChI is InChI=1S/C6H10O3/c1-2-5(8)6(9)3-4-7/h2,7-8H,3-4H2,1H3. The molecule has 0 aromatic carbocycles. The fraction of sp³-hybridized carbons (Fsp3) is 0.500. The molecule has 52 valence electrons. The second-order valence-corrected chi connectivity index (χ2v) is 1.57. The molecule has 0 radical (unpaired) electrons. The summed E-state index contributed by atoms with van der Waals surface area (Å²) >= 11 is 0. The van der Waals surface area contributed by atoms with Gasteiger partial charge in [-0.3, -0.25) is 4.79 Å². The van der Waals surface area contributed by atoms with Crippen LogP contribution >= 0.6 is 0 Å². The van der Waals surface area contributed by atoms with Gasteiger partial charge in [-0.15, -0.1) is 0 Å². The number of ketones is 1. The monoisotopic (exact) mass is 130 g/mol. The predicted molar refractivity (Wildman–Crippen MR) is 33.1 cm³/mol. The van der Waals surface area contributed by atoms with Crippen molar-refractivity contribution < 1.29 is 15.0 Å². The maximum absolute atomic E-state index is 10.5. The molecule has 0 saturated carbocycles. The van der Waals surface area contributed by atoms with Crippen molar-refractivity contribution in [3.05, 3.63) is 11.8 Å². The van der Waals surface area contributed by atoms with Crippen LogP contribution in [0.2, 0.25) is 0 Å². The summed E-state index contributed by atoms with van der Waals surface area (Å²) in [7, 11) is 0. The number of rotatable bonds is 3. The zero-order valence-electron chi connectivity index (χ0n) is 5.29. The summed E-state index contributed by atoms with van der Waals surface area (Å²) in [6, 6.07) is 0. The Balaban J connectivity index is 3.74. The first-order chi connectivity index (χ1) is 4.22. The zero-order valence-corrected chi connectivity index (χ0v) is 5.29. The van der Waals surface area contributed by atoms with E-state index in [1.807, 2.05) is 0 Å². The molecule has 2 N–H and O–H groups in total. The summed E-state index contributed by atoms with van der Waals surface area (Å²) in [5, 5.41) is 16.9. The smallest absolute Gasteiger partial charge is 0.199 e. The minimum absolute atomic E-state index is 0.00380. The van der Waals surface area contributed by atoms with Gasteiger partial charge in [0, 0.05) is 6.42 Å². The van der Waals surface area contributed by atoms with Crippen molar-refractivity contribution in [1.82, 2.24) is 0 Å². The second kappa shape index (κ2) is 4.09. The molecule has 0 amide bonds. The van der Waals surface area contributed by atoms with Gasteiger partial charge in [-0.05, 0) is 13.0 Å². The molecule has 0 bridgehead atoms. The molecule has 0 heterocycles. The SMILES string of the molecule is CC=C(O)C(=O)CCO. The first kappa shape index (κ1) is 8.17. The van der Waals surface area contributed by atoms with Crippen LogP contribution in [0.15, 0.2) is 11.8 Å². The highest BCUT2D eigenvalue weighted by atomic mass is 16.3. The van der Waals surface area contributed by atoms with E-state index in [0.717, 1.165) is 0 Å². The van der Waals surface area contributed by atoms with Crippen LogP contribution in [0.25, 0.3) is 0 Å². The van der Waals surface area contributed by atoms with Gasteiger partial charge in [0.25, 0.3) is 0 Å². The lowest BCUT2D eigenvalue weighted by Gasteiger charge is -1.93. The average Bonchev–Trinajstić information content (AvgIpc) is 1.87. The minimum atomic E-state index is -0.417. The van der Waals surface area contributed by atoms with Crippen LogP contribution in [0.1, 0.15) is 13.3 Å². The number of carbonyl (C=O) groups excluding carboxylic acids is 1. The molecule has 0 aliphatic heterocycles. The molecule has 3 heteroatoms. The summed E-state index contributed by atoms with van der Waals surface area (Å²) in [6.45, 7) is 1.35. The van der Waals surface area contributed by atoms with E-state index >= 15 is 0 Å². The van der Waals surface area contributed by atoms with Gasteiger partial charge >= 0.3 is 0 Å². The van der Waals surface area contributed by atoms with E-state index in [4.69, 9.17) is 10.2 Å².